The highest BCUT2D eigenvalue weighted by atomic mass is 16.4. The first-order valence-corrected chi connectivity index (χ1v) is 8.44. The number of hydrogen-bond donors (Lipinski definition) is 10. The van der Waals surface area contributed by atoms with Crippen molar-refractivity contribution in [1.29, 1.82) is 0 Å². The summed E-state index contributed by atoms with van der Waals surface area (Å²) in [6, 6.07) is 0. The van der Waals surface area contributed by atoms with Crippen LogP contribution in [-0.4, -0.2) is 111 Å². The van der Waals surface area contributed by atoms with E-state index in [0.29, 0.717) is 6.42 Å². The molecular weight excluding hydrogens is 448 g/mol. The average Bonchev–Trinajstić information content (AvgIpc) is 2.59. The lowest BCUT2D eigenvalue weighted by Crippen LogP contribution is -2.42. The molecule has 0 bridgehead atoms. The first kappa shape index (κ1) is 33.3. The third kappa shape index (κ3) is 16.5. The maximum Gasteiger partial charge on any atom is 0.336 e. The van der Waals surface area contributed by atoms with E-state index in [4.69, 9.17) is 51.1 Å². The van der Waals surface area contributed by atoms with Crippen LogP contribution in [0.2, 0.25) is 0 Å². The summed E-state index contributed by atoms with van der Waals surface area (Å²) in [5.41, 5.74) is -5.48. The monoisotopic (exact) mass is 474 g/mol. The molecule has 16 nitrogen and oxygen atoms in total. The van der Waals surface area contributed by atoms with Gasteiger partial charge in [0.25, 0.3) is 0 Å². The fourth-order valence-electron chi connectivity index (χ4n) is 1.56. The molecule has 1 atom stereocenters. The van der Waals surface area contributed by atoms with Gasteiger partial charge in [-0.05, 0) is 6.42 Å². The summed E-state index contributed by atoms with van der Waals surface area (Å²) in [4.78, 5) is 61.0. The number of carboxylic acids is 6. The summed E-state index contributed by atoms with van der Waals surface area (Å²) in [6.45, 7) is 1.71. The van der Waals surface area contributed by atoms with E-state index in [2.05, 4.69) is 0 Å². The minimum Gasteiger partial charge on any atom is -0.481 e. The molecular formula is C16H26O16. The highest BCUT2D eigenvalue weighted by Crippen LogP contribution is 2.16. The van der Waals surface area contributed by atoms with E-state index in [0.717, 1.165) is 0 Å². The summed E-state index contributed by atoms with van der Waals surface area (Å²) in [5.74, 6) is -10.0. The van der Waals surface area contributed by atoms with Crippen LogP contribution in [0.3, 0.4) is 0 Å². The van der Waals surface area contributed by atoms with Crippen LogP contribution in [0.15, 0.2) is 0 Å². The topological polar surface area (TPSA) is 305 Å². The lowest BCUT2D eigenvalue weighted by atomic mass is 9.96. The molecule has 0 rings (SSSR count). The first-order valence-electron chi connectivity index (χ1n) is 8.44. The zero-order chi connectivity index (χ0) is 26.3. The molecule has 10 N–H and O–H groups in total. The molecule has 0 amide bonds. The Morgan fingerprint density at radius 1 is 0.625 bits per heavy atom. The zero-order valence-corrected chi connectivity index (χ0v) is 16.7. The van der Waals surface area contributed by atoms with Crippen LogP contribution < -0.4 is 0 Å². The van der Waals surface area contributed by atoms with Crippen LogP contribution in [0.1, 0.15) is 39.0 Å². The van der Waals surface area contributed by atoms with Crippen LogP contribution in [0.25, 0.3) is 0 Å². The van der Waals surface area contributed by atoms with Gasteiger partial charge in [-0.15, -0.1) is 0 Å². The maximum atomic E-state index is 10.3. The quantitative estimate of drug-likeness (QED) is 0.137. The SMILES string of the molecule is CCC(O)CO.O=C(O)CC(O)(CC(=O)O)C(=O)O.O=C(O)CC(O)(CC(=O)O)C(=O)O. The van der Waals surface area contributed by atoms with Gasteiger partial charge in [-0.3, -0.25) is 19.2 Å². The van der Waals surface area contributed by atoms with Gasteiger partial charge in [-0.25, -0.2) is 9.59 Å². The Kier molecular flexibility index (Phi) is 16.1. The van der Waals surface area contributed by atoms with Crippen molar-refractivity contribution in [2.24, 2.45) is 0 Å². The van der Waals surface area contributed by atoms with E-state index >= 15 is 0 Å². The highest BCUT2D eigenvalue weighted by Gasteiger charge is 2.41. The van der Waals surface area contributed by atoms with Gasteiger partial charge in [0.1, 0.15) is 0 Å². The van der Waals surface area contributed by atoms with Crippen LogP contribution in [0, 0.1) is 0 Å². The zero-order valence-electron chi connectivity index (χ0n) is 16.7. The van der Waals surface area contributed by atoms with Gasteiger partial charge in [-0.1, -0.05) is 6.92 Å². The Labute approximate surface area is 179 Å². The molecule has 0 aromatic rings. The molecule has 186 valence electrons. The summed E-state index contributed by atoms with van der Waals surface area (Å²) in [6.07, 6.45) is -4.45. The second kappa shape index (κ2) is 15.5. The van der Waals surface area contributed by atoms with Crippen LogP contribution in [0.4, 0.5) is 0 Å². The standard InChI is InChI=1S/2C6H8O7.C4H10O2/c2*7-3(8)1-6(13,5(11)12)2-4(9)10;1-2-4(6)3-5/h2*13H,1-2H2,(H,7,8)(H,9,10)(H,11,12);4-6H,2-3H2,1H3. The van der Waals surface area contributed by atoms with Gasteiger partial charge in [-0.2, -0.15) is 0 Å². The molecule has 0 heterocycles. The van der Waals surface area contributed by atoms with E-state index in [1.54, 1.807) is 0 Å². The second-order valence-corrected chi connectivity index (χ2v) is 6.20. The van der Waals surface area contributed by atoms with Gasteiger partial charge in [0.2, 0.25) is 0 Å². The third-order valence-corrected chi connectivity index (χ3v) is 3.25. The van der Waals surface area contributed by atoms with E-state index in [1.807, 2.05) is 6.92 Å². The number of aliphatic hydroxyl groups excluding tert-OH is 2. The molecule has 0 saturated carbocycles. The smallest absolute Gasteiger partial charge is 0.336 e. The van der Waals surface area contributed by atoms with Crippen LogP contribution >= 0.6 is 0 Å². The van der Waals surface area contributed by atoms with Crippen molar-refractivity contribution in [2.75, 3.05) is 6.61 Å². The maximum absolute atomic E-state index is 10.3. The van der Waals surface area contributed by atoms with E-state index in [9.17, 15) is 28.8 Å². The number of hydrogen-bond acceptors (Lipinski definition) is 10. The lowest BCUT2D eigenvalue weighted by molar-refractivity contribution is -0.170. The van der Waals surface area contributed by atoms with Gasteiger partial charge in [0.15, 0.2) is 11.2 Å². The van der Waals surface area contributed by atoms with Crippen molar-refractivity contribution in [1.82, 2.24) is 0 Å². The Bertz CT molecular complexity index is 581. The molecule has 16 heteroatoms. The summed E-state index contributed by atoms with van der Waals surface area (Å²) < 4.78 is 0. The normalized spacial score (nSPS) is 11.5. The largest absolute Gasteiger partial charge is 0.481 e. The van der Waals surface area contributed by atoms with E-state index in [-0.39, 0.29) is 6.61 Å². The average molecular weight is 474 g/mol. The van der Waals surface area contributed by atoms with Gasteiger partial charge >= 0.3 is 35.8 Å². The Hall–Kier alpha value is -3.34. The van der Waals surface area contributed by atoms with Crippen molar-refractivity contribution in [3.63, 3.8) is 0 Å². The van der Waals surface area contributed by atoms with Crippen LogP contribution in [-0.2, 0) is 28.8 Å². The highest BCUT2D eigenvalue weighted by molar-refractivity contribution is 5.88. The minimum absolute atomic E-state index is 0.115. The predicted molar refractivity (Wildman–Crippen MR) is 97.6 cm³/mol. The summed E-state index contributed by atoms with van der Waals surface area (Å²) in [7, 11) is 0. The number of carboxylic acid groups (broad SMARTS) is 6. The Morgan fingerprint density at radius 2 is 0.844 bits per heavy atom. The molecule has 0 fully saturated rings. The van der Waals surface area contributed by atoms with E-state index < -0.39 is 78.8 Å². The van der Waals surface area contributed by atoms with Crippen molar-refractivity contribution in [3.05, 3.63) is 0 Å². The Morgan fingerprint density at radius 3 is 0.906 bits per heavy atom. The molecule has 0 spiro atoms. The molecule has 32 heavy (non-hydrogen) atoms. The molecule has 0 aliphatic carbocycles. The second-order valence-electron chi connectivity index (χ2n) is 6.20. The molecule has 1 unspecified atom stereocenters. The van der Waals surface area contributed by atoms with Crippen LogP contribution in [0.5, 0.6) is 0 Å². The molecule has 0 radical (unpaired) electrons. The fourth-order valence-corrected chi connectivity index (χ4v) is 1.56. The van der Waals surface area contributed by atoms with Gasteiger partial charge in [0, 0.05) is 0 Å². The number of carbonyl (C=O) groups is 6. The number of aliphatic carboxylic acids is 6. The van der Waals surface area contributed by atoms with Crippen molar-refractivity contribution in [3.8, 4) is 0 Å². The predicted octanol–water partition coefficient (Wildman–Crippen LogP) is -2.75. The van der Waals surface area contributed by atoms with Gasteiger partial charge in [0.05, 0.1) is 38.4 Å². The molecule has 0 aliphatic rings. The summed E-state index contributed by atoms with van der Waals surface area (Å²) >= 11 is 0. The van der Waals surface area contributed by atoms with Gasteiger partial charge < -0.3 is 51.1 Å². The lowest BCUT2D eigenvalue weighted by Gasteiger charge is -2.18. The number of aliphatic hydroxyl groups is 4. The Balaban J connectivity index is -0.000000422. The molecule has 0 saturated heterocycles. The molecule has 0 aliphatic heterocycles. The number of rotatable bonds is 12. The van der Waals surface area contributed by atoms with Crippen molar-refractivity contribution >= 4 is 35.8 Å². The molecule has 0 aromatic carbocycles. The third-order valence-electron chi connectivity index (χ3n) is 3.25. The summed E-state index contributed by atoms with van der Waals surface area (Å²) in [5, 5.41) is 84.1. The molecule has 0 aromatic heterocycles. The minimum atomic E-state index is -2.74. The van der Waals surface area contributed by atoms with Crippen molar-refractivity contribution in [2.45, 2.75) is 56.3 Å². The van der Waals surface area contributed by atoms with Crippen molar-refractivity contribution < 1.29 is 79.8 Å². The van der Waals surface area contributed by atoms with E-state index in [1.165, 1.54) is 0 Å². The fraction of sp³-hybridized carbons (Fsp3) is 0.625. The first-order chi connectivity index (χ1) is 14.4.